The average Bonchev–Trinajstić information content (AvgIpc) is 3.43. The molecule has 32 heavy (non-hydrogen) atoms. The van der Waals surface area contributed by atoms with Gasteiger partial charge in [-0.15, -0.1) is 0 Å². The zero-order valence-electron chi connectivity index (χ0n) is 18.9. The maximum Gasteiger partial charge on any atom is 0.255 e. The Bertz CT molecular complexity index is 908. The van der Waals surface area contributed by atoms with Crippen LogP contribution in [0.2, 0.25) is 0 Å². The molecule has 0 saturated carbocycles. The summed E-state index contributed by atoms with van der Waals surface area (Å²) in [5.74, 6) is -0.913. The number of carbonyl (C=O) groups excluding carboxylic acids is 3. The van der Waals surface area contributed by atoms with Gasteiger partial charge in [-0.25, -0.2) is 0 Å². The molecule has 3 atom stereocenters. The summed E-state index contributed by atoms with van der Waals surface area (Å²) < 4.78 is 10.5. The first-order chi connectivity index (χ1) is 15.3. The van der Waals surface area contributed by atoms with E-state index in [2.05, 4.69) is 36.6 Å². The maximum absolute atomic E-state index is 13.2. The largest absolute Gasteiger partial charge is 0.472 e. The van der Waals surface area contributed by atoms with Crippen molar-refractivity contribution >= 4 is 17.6 Å². The number of aryl methyl sites for hydroxylation is 1. The van der Waals surface area contributed by atoms with Crippen LogP contribution in [-0.2, 0) is 20.7 Å². The summed E-state index contributed by atoms with van der Waals surface area (Å²) in [7, 11) is 0. The number of carbonyl (C=O) groups is 3. The zero-order valence-corrected chi connectivity index (χ0v) is 18.9. The van der Waals surface area contributed by atoms with Crippen LogP contribution in [0, 0.1) is 5.41 Å². The second-order valence-corrected chi connectivity index (χ2v) is 9.10. The van der Waals surface area contributed by atoms with Crippen molar-refractivity contribution in [3.05, 3.63) is 60.1 Å². The van der Waals surface area contributed by atoms with Gasteiger partial charge in [0.1, 0.15) is 25.0 Å². The van der Waals surface area contributed by atoms with E-state index in [9.17, 15) is 14.4 Å². The molecular formula is C25H32N2O5. The number of ketones is 1. The number of rotatable bonds is 10. The van der Waals surface area contributed by atoms with Gasteiger partial charge >= 0.3 is 0 Å². The van der Waals surface area contributed by atoms with E-state index in [1.165, 1.54) is 18.1 Å². The lowest BCUT2D eigenvalue weighted by Gasteiger charge is -2.31. The van der Waals surface area contributed by atoms with Crippen LogP contribution in [0.4, 0.5) is 0 Å². The van der Waals surface area contributed by atoms with Crippen LogP contribution in [0.25, 0.3) is 0 Å². The van der Waals surface area contributed by atoms with E-state index in [0.29, 0.717) is 18.4 Å². The molecule has 0 radical (unpaired) electrons. The molecule has 7 heteroatoms. The summed E-state index contributed by atoms with van der Waals surface area (Å²) in [6.45, 7) is 6.07. The van der Waals surface area contributed by atoms with E-state index in [0.717, 1.165) is 12.8 Å². The quantitative estimate of drug-likeness (QED) is 0.591. The van der Waals surface area contributed by atoms with E-state index >= 15 is 0 Å². The fourth-order valence-electron chi connectivity index (χ4n) is 3.99. The highest BCUT2D eigenvalue weighted by Gasteiger charge is 2.38. The Morgan fingerprint density at radius 1 is 1.19 bits per heavy atom. The lowest BCUT2D eigenvalue weighted by Crippen LogP contribution is -2.54. The number of ether oxygens (including phenoxy) is 1. The van der Waals surface area contributed by atoms with Crippen molar-refractivity contribution in [1.82, 2.24) is 10.6 Å². The molecule has 2 unspecified atom stereocenters. The summed E-state index contributed by atoms with van der Waals surface area (Å²) >= 11 is 0. The van der Waals surface area contributed by atoms with Gasteiger partial charge in [-0.2, -0.15) is 0 Å². The lowest BCUT2D eigenvalue weighted by atomic mass is 9.80. The van der Waals surface area contributed by atoms with Gasteiger partial charge in [-0.3, -0.25) is 14.4 Å². The van der Waals surface area contributed by atoms with Gasteiger partial charge in [0, 0.05) is 0 Å². The molecular weight excluding hydrogens is 408 g/mol. The smallest absolute Gasteiger partial charge is 0.255 e. The van der Waals surface area contributed by atoms with Crippen LogP contribution in [0.15, 0.2) is 53.3 Å². The first-order valence-electron chi connectivity index (χ1n) is 11.1. The van der Waals surface area contributed by atoms with Crippen molar-refractivity contribution in [3.63, 3.8) is 0 Å². The molecule has 1 aromatic carbocycles. The third-order valence-electron chi connectivity index (χ3n) is 5.95. The van der Waals surface area contributed by atoms with Crippen molar-refractivity contribution < 1.29 is 23.5 Å². The topological polar surface area (TPSA) is 97.6 Å². The van der Waals surface area contributed by atoms with Gasteiger partial charge < -0.3 is 19.8 Å². The van der Waals surface area contributed by atoms with Gasteiger partial charge in [0.05, 0.1) is 17.9 Å². The van der Waals surface area contributed by atoms with Gasteiger partial charge in [0.25, 0.3) is 5.91 Å². The Morgan fingerprint density at radius 3 is 2.59 bits per heavy atom. The van der Waals surface area contributed by atoms with E-state index < -0.39 is 18.0 Å². The molecule has 2 aromatic rings. The highest BCUT2D eigenvalue weighted by Crippen LogP contribution is 2.29. The van der Waals surface area contributed by atoms with Crippen molar-refractivity contribution in [1.29, 1.82) is 0 Å². The monoisotopic (exact) mass is 440 g/mol. The predicted octanol–water partition coefficient (Wildman–Crippen LogP) is 3.29. The first-order valence-corrected chi connectivity index (χ1v) is 11.1. The van der Waals surface area contributed by atoms with Crippen molar-refractivity contribution in [2.45, 2.75) is 64.6 Å². The number of hydrogen-bond acceptors (Lipinski definition) is 5. The van der Waals surface area contributed by atoms with Crippen LogP contribution in [0.5, 0.6) is 0 Å². The standard InChI is InChI=1S/C25H32N2O5/c1-4-21-22(20(28)16-32-21)27-24(30)19(26-23(29)18-11-13-31-15-18)14-25(2,3)12-10-17-8-6-5-7-9-17/h5-9,11,13,15,19,21-22H,4,10,12,14,16H2,1-3H3,(H,26,29)(H,27,30)/t19-,21?,22?/m0/s1. The number of benzene rings is 1. The SMILES string of the molecule is CCC1OCC(=O)C1NC(=O)[C@H](CC(C)(C)CCc1ccccc1)NC(=O)c1ccoc1. The third-order valence-corrected chi connectivity index (χ3v) is 5.95. The summed E-state index contributed by atoms with van der Waals surface area (Å²) in [5, 5.41) is 5.66. The molecule has 1 aliphatic rings. The summed E-state index contributed by atoms with van der Waals surface area (Å²) in [4.78, 5) is 38.1. The lowest BCUT2D eigenvalue weighted by molar-refractivity contribution is -0.128. The zero-order chi connectivity index (χ0) is 23.1. The van der Waals surface area contributed by atoms with Crippen LogP contribution in [-0.4, -0.2) is 42.4 Å². The molecule has 0 spiro atoms. The van der Waals surface area contributed by atoms with E-state index in [1.54, 1.807) is 6.07 Å². The fourth-order valence-corrected chi connectivity index (χ4v) is 3.99. The number of nitrogens with one attached hydrogen (secondary N) is 2. The minimum Gasteiger partial charge on any atom is -0.472 e. The summed E-state index contributed by atoms with van der Waals surface area (Å²) in [5.41, 5.74) is 1.34. The van der Waals surface area contributed by atoms with Crippen LogP contribution >= 0.6 is 0 Å². The highest BCUT2D eigenvalue weighted by molar-refractivity contribution is 5.98. The predicted molar refractivity (Wildman–Crippen MR) is 120 cm³/mol. The van der Waals surface area contributed by atoms with Crippen LogP contribution in [0.3, 0.4) is 0 Å². The fraction of sp³-hybridized carbons (Fsp3) is 0.480. The van der Waals surface area contributed by atoms with Gasteiger partial charge in [0.2, 0.25) is 5.91 Å². The van der Waals surface area contributed by atoms with E-state index in [1.807, 2.05) is 25.1 Å². The molecule has 2 N–H and O–H groups in total. The summed E-state index contributed by atoms with van der Waals surface area (Å²) in [6.07, 6.45) is 5.15. The van der Waals surface area contributed by atoms with Crippen molar-refractivity contribution in [3.8, 4) is 0 Å². The van der Waals surface area contributed by atoms with Gasteiger partial charge in [-0.05, 0) is 42.7 Å². The van der Waals surface area contributed by atoms with Crippen LogP contribution in [0.1, 0.15) is 56.0 Å². The number of Topliss-reactive ketones (excluding diaryl/α,β-unsaturated/α-hetero) is 1. The molecule has 1 fully saturated rings. The molecule has 0 aliphatic carbocycles. The van der Waals surface area contributed by atoms with E-state index in [4.69, 9.17) is 9.15 Å². The second-order valence-electron chi connectivity index (χ2n) is 9.10. The van der Waals surface area contributed by atoms with E-state index in [-0.39, 0.29) is 29.8 Å². The molecule has 1 aromatic heterocycles. The number of furan rings is 1. The minimum absolute atomic E-state index is 0.00192. The molecule has 7 nitrogen and oxygen atoms in total. The first kappa shape index (κ1) is 23.7. The summed E-state index contributed by atoms with van der Waals surface area (Å²) in [6, 6.07) is 10.2. The Labute approximate surface area is 188 Å². The second kappa shape index (κ2) is 10.6. The molecule has 1 saturated heterocycles. The highest BCUT2D eigenvalue weighted by atomic mass is 16.5. The minimum atomic E-state index is -0.797. The third kappa shape index (κ3) is 6.29. The molecule has 2 heterocycles. The average molecular weight is 441 g/mol. The molecule has 2 amide bonds. The Morgan fingerprint density at radius 2 is 1.94 bits per heavy atom. The van der Waals surface area contributed by atoms with Crippen LogP contribution < -0.4 is 10.6 Å². The molecule has 172 valence electrons. The Kier molecular flexibility index (Phi) is 7.85. The Balaban J connectivity index is 1.71. The maximum atomic E-state index is 13.2. The number of amides is 2. The van der Waals surface area contributed by atoms with Crippen molar-refractivity contribution in [2.75, 3.05) is 6.61 Å². The Hall–Kier alpha value is -2.93. The van der Waals surface area contributed by atoms with Crippen molar-refractivity contribution in [2.24, 2.45) is 5.41 Å². The normalized spacial score (nSPS) is 19.5. The molecule has 3 rings (SSSR count). The molecule has 0 bridgehead atoms. The van der Waals surface area contributed by atoms with Gasteiger partial charge in [0.15, 0.2) is 5.78 Å². The molecule has 1 aliphatic heterocycles. The number of hydrogen-bond donors (Lipinski definition) is 2. The van der Waals surface area contributed by atoms with Gasteiger partial charge in [-0.1, -0.05) is 51.1 Å².